The lowest BCUT2D eigenvalue weighted by atomic mass is 9.91. The van der Waals surface area contributed by atoms with E-state index < -0.39 is 0 Å². The van der Waals surface area contributed by atoms with Crippen molar-refractivity contribution in [1.29, 1.82) is 0 Å². The van der Waals surface area contributed by atoms with E-state index in [1.54, 1.807) is 11.3 Å². The molecule has 318 valence electrons. The molecule has 0 fully saturated rings. The van der Waals surface area contributed by atoms with E-state index in [4.69, 9.17) is 19.4 Å². The van der Waals surface area contributed by atoms with Crippen molar-refractivity contribution < 1.29 is 4.42 Å². The SMILES string of the molecule is C1=CC2c3ccc4c5ccccc5n(-c5cc(-c6cccc7ccccc67)cc6c5oc5ccccc56)c4c3N(c3nc(-c4ccccc4)nc(-c4cccc5sc6ccccc6c45)n3)C2C=C1. The highest BCUT2D eigenvalue weighted by molar-refractivity contribution is 7.25. The van der Waals surface area contributed by atoms with Crippen molar-refractivity contribution >= 4 is 97.7 Å². The Labute approximate surface area is 394 Å². The summed E-state index contributed by atoms with van der Waals surface area (Å²) in [6.07, 6.45) is 8.98. The maximum Gasteiger partial charge on any atom is 0.234 e. The van der Waals surface area contributed by atoms with E-state index in [-0.39, 0.29) is 12.0 Å². The summed E-state index contributed by atoms with van der Waals surface area (Å²) in [4.78, 5) is 18.8. The molecule has 0 N–H and O–H groups in total. The fraction of sp³-hybridized carbons (Fsp3) is 0.0328. The number of rotatable bonds is 5. The normalized spacial score (nSPS) is 15.5. The Bertz CT molecular complexity index is 4300. The molecule has 13 aromatic rings. The number of benzene rings is 9. The van der Waals surface area contributed by atoms with Gasteiger partial charge >= 0.3 is 0 Å². The lowest BCUT2D eigenvalue weighted by molar-refractivity contribution is 0.666. The first-order valence-corrected chi connectivity index (χ1v) is 23.9. The van der Waals surface area contributed by atoms with Crippen LogP contribution in [-0.4, -0.2) is 25.6 Å². The lowest BCUT2D eigenvalue weighted by Gasteiger charge is -2.28. The summed E-state index contributed by atoms with van der Waals surface area (Å²) in [5, 5.41) is 9.22. The Hall–Kier alpha value is -8.65. The van der Waals surface area contributed by atoms with Crippen LogP contribution in [0.25, 0.3) is 114 Å². The molecule has 0 saturated carbocycles. The van der Waals surface area contributed by atoms with Crippen molar-refractivity contribution in [3.63, 3.8) is 0 Å². The number of allylic oxidation sites excluding steroid dienone is 2. The maximum absolute atomic E-state index is 7.01. The molecule has 5 heterocycles. The molecule has 0 spiro atoms. The molecule has 0 saturated heterocycles. The molecule has 15 rings (SSSR count). The first-order chi connectivity index (χ1) is 33.7. The number of hydrogen-bond acceptors (Lipinski definition) is 6. The predicted octanol–water partition coefficient (Wildman–Crippen LogP) is 16.1. The van der Waals surface area contributed by atoms with Crippen LogP contribution in [-0.2, 0) is 0 Å². The molecule has 2 atom stereocenters. The van der Waals surface area contributed by atoms with Gasteiger partial charge in [-0.3, -0.25) is 0 Å². The molecule has 7 heteroatoms. The molecule has 0 bridgehead atoms. The monoisotopic (exact) mass is 887 g/mol. The molecular weight excluding hydrogens is 851 g/mol. The van der Waals surface area contributed by atoms with Crippen LogP contribution in [0.2, 0.25) is 0 Å². The second-order valence-corrected chi connectivity index (χ2v) is 18.9. The summed E-state index contributed by atoms with van der Waals surface area (Å²) >= 11 is 1.80. The molecule has 2 aliphatic rings. The van der Waals surface area contributed by atoms with Crippen LogP contribution in [0.15, 0.2) is 217 Å². The Morgan fingerprint density at radius 1 is 0.500 bits per heavy atom. The van der Waals surface area contributed by atoms with Gasteiger partial charge in [0.25, 0.3) is 0 Å². The minimum atomic E-state index is -0.100. The number of aromatic nitrogens is 4. The highest BCUT2D eigenvalue weighted by atomic mass is 32.1. The van der Waals surface area contributed by atoms with Crippen molar-refractivity contribution in [2.24, 2.45) is 0 Å². The van der Waals surface area contributed by atoms with Crippen molar-refractivity contribution in [2.75, 3.05) is 4.90 Å². The zero-order valence-electron chi connectivity index (χ0n) is 36.4. The highest BCUT2D eigenvalue weighted by Gasteiger charge is 2.42. The van der Waals surface area contributed by atoms with Crippen LogP contribution in [0.3, 0.4) is 0 Å². The highest BCUT2D eigenvalue weighted by Crippen LogP contribution is 2.53. The van der Waals surface area contributed by atoms with Crippen molar-refractivity contribution in [2.45, 2.75) is 12.0 Å². The van der Waals surface area contributed by atoms with Gasteiger partial charge in [-0.15, -0.1) is 11.3 Å². The Morgan fingerprint density at radius 2 is 1.22 bits per heavy atom. The number of nitrogens with zero attached hydrogens (tertiary/aromatic N) is 5. The van der Waals surface area contributed by atoms with E-state index in [2.05, 4.69) is 216 Å². The molecule has 0 amide bonds. The number of anilines is 2. The topological polar surface area (TPSA) is 60.0 Å². The van der Waals surface area contributed by atoms with Gasteiger partial charge in [0.15, 0.2) is 17.2 Å². The van der Waals surface area contributed by atoms with Gasteiger partial charge in [-0.2, -0.15) is 9.97 Å². The first-order valence-electron chi connectivity index (χ1n) is 23.1. The summed E-state index contributed by atoms with van der Waals surface area (Å²) in [5.74, 6) is 1.91. The summed E-state index contributed by atoms with van der Waals surface area (Å²) in [6.45, 7) is 0. The van der Waals surface area contributed by atoms with Gasteiger partial charge in [-0.05, 0) is 63.9 Å². The standard InChI is InChI=1S/C61H37N5OS/c1-2-17-37(18-3-1)59-62-60(47-26-15-31-54-55(47)46-24-9-13-30-53(46)68-54)64-61(63-59)66-50-28-11-7-22-42(50)45-33-32-44-41-21-6-10-27-49(41)65(56(44)57(45)66)51-35-38(40-25-14-19-36-16-4-5-20-39(36)40)34-48-43-23-8-12-29-52(43)67-58(48)51/h1-35,42,50H. The molecule has 1 aliphatic heterocycles. The zero-order chi connectivity index (χ0) is 44.5. The molecule has 0 radical (unpaired) electrons. The smallest absolute Gasteiger partial charge is 0.234 e. The van der Waals surface area contributed by atoms with Crippen LogP contribution in [0, 0.1) is 0 Å². The third-order valence-electron chi connectivity index (χ3n) is 14.2. The molecule has 4 aromatic heterocycles. The van der Waals surface area contributed by atoms with E-state index >= 15 is 0 Å². The van der Waals surface area contributed by atoms with Gasteiger partial charge in [0.1, 0.15) is 5.58 Å². The Morgan fingerprint density at radius 3 is 2.15 bits per heavy atom. The number of thiophene rings is 1. The van der Waals surface area contributed by atoms with Crippen LogP contribution in [0.1, 0.15) is 11.5 Å². The van der Waals surface area contributed by atoms with Crippen LogP contribution in [0.5, 0.6) is 0 Å². The average molecular weight is 888 g/mol. The molecule has 1 aliphatic carbocycles. The van der Waals surface area contributed by atoms with Crippen LogP contribution >= 0.6 is 11.3 Å². The average Bonchev–Trinajstić information content (AvgIpc) is 4.16. The van der Waals surface area contributed by atoms with E-state index in [1.807, 2.05) is 6.07 Å². The van der Waals surface area contributed by atoms with Gasteiger partial charge in [-0.25, -0.2) is 4.98 Å². The van der Waals surface area contributed by atoms with E-state index in [1.165, 1.54) is 36.7 Å². The predicted molar refractivity (Wildman–Crippen MR) is 282 cm³/mol. The van der Waals surface area contributed by atoms with E-state index in [0.29, 0.717) is 17.6 Å². The van der Waals surface area contributed by atoms with Crippen LogP contribution < -0.4 is 4.90 Å². The quantitative estimate of drug-likeness (QED) is 0.172. The van der Waals surface area contributed by atoms with E-state index in [9.17, 15) is 0 Å². The van der Waals surface area contributed by atoms with Crippen LogP contribution in [0.4, 0.5) is 11.6 Å². The summed E-state index contributed by atoms with van der Waals surface area (Å²) in [5.41, 5.74) is 11.3. The minimum absolute atomic E-state index is 0.0451. The summed E-state index contributed by atoms with van der Waals surface area (Å²) in [6, 6.07) is 67.1. The lowest BCUT2D eigenvalue weighted by Crippen LogP contribution is -2.30. The molecule has 68 heavy (non-hydrogen) atoms. The van der Waals surface area contributed by atoms with Gasteiger partial charge in [0.05, 0.1) is 28.5 Å². The zero-order valence-corrected chi connectivity index (χ0v) is 37.2. The van der Waals surface area contributed by atoms with E-state index in [0.717, 1.165) is 77.2 Å². The Balaban J connectivity index is 1.06. The maximum atomic E-state index is 7.01. The summed E-state index contributed by atoms with van der Waals surface area (Å²) in [7, 11) is 0. The van der Waals surface area contributed by atoms with Crippen molar-refractivity contribution in [3.05, 3.63) is 218 Å². The minimum Gasteiger partial charge on any atom is -0.454 e. The third kappa shape index (κ3) is 5.42. The van der Waals surface area contributed by atoms with Gasteiger partial charge in [0, 0.05) is 58.8 Å². The fourth-order valence-electron chi connectivity index (χ4n) is 11.2. The van der Waals surface area contributed by atoms with Crippen molar-refractivity contribution in [1.82, 2.24) is 19.5 Å². The number of hydrogen-bond donors (Lipinski definition) is 0. The second kappa shape index (κ2) is 14.4. The van der Waals surface area contributed by atoms with Gasteiger partial charge < -0.3 is 13.9 Å². The number of para-hydroxylation sites is 2. The summed E-state index contributed by atoms with van der Waals surface area (Å²) < 4.78 is 11.9. The molecule has 9 aromatic carbocycles. The first kappa shape index (κ1) is 37.6. The fourth-order valence-corrected chi connectivity index (χ4v) is 12.4. The molecule has 2 unspecified atom stereocenters. The molecule has 6 nitrogen and oxygen atoms in total. The Kier molecular flexibility index (Phi) is 7.97. The van der Waals surface area contributed by atoms with Gasteiger partial charge in [-0.1, -0.05) is 176 Å². The van der Waals surface area contributed by atoms with Crippen molar-refractivity contribution in [3.8, 4) is 39.6 Å². The molecular formula is C61H37N5OS. The number of furan rings is 1. The van der Waals surface area contributed by atoms with Gasteiger partial charge in [0.2, 0.25) is 5.95 Å². The third-order valence-corrected chi connectivity index (χ3v) is 15.3. The number of fused-ring (bicyclic) bond motifs is 14. The second-order valence-electron chi connectivity index (χ2n) is 17.8. The largest absolute Gasteiger partial charge is 0.454 e.